The van der Waals surface area contributed by atoms with Gasteiger partial charge in [-0.1, -0.05) is 19.0 Å². The van der Waals surface area contributed by atoms with Gasteiger partial charge in [0.15, 0.2) is 23.9 Å². The van der Waals surface area contributed by atoms with Gasteiger partial charge in [0.1, 0.15) is 6.04 Å². The monoisotopic (exact) mass is 402 g/mol. The Morgan fingerprint density at radius 1 is 1.28 bits per heavy atom. The smallest absolute Gasteiger partial charge is 0.257 e. The number of ether oxygens (including phenoxy) is 2. The van der Waals surface area contributed by atoms with Crippen LogP contribution in [0.4, 0.5) is 0 Å². The Bertz CT molecular complexity index is 876. The lowest BCUT2D eigenvalue weighted by molar-refractivity contribution is -0.122. The van der Waals surface area contributed by atoms with Crippen LogP contribution in [0.1, 0.15) is 60.7 Å². The number of likely N-dealkylation sites (N-methyl/N-ethyl adjacent to an activating group) is 1. The van der Waals surface area contributed by atoms with Crippen molar-refractivity contribution in [2.75, 3.05) is 20.8 Å². The molecular formula is C20H26N4O5. The zero-order chi connectivity index (χ0) is 21.0. The van der Waals surface area contributed by atoms with Crippen LogP contribution < -0.4 is 20.1 Å². The molecule has 9 nitrogen and oxygen atoms in total. The van der Waals surface area contributed by atoms with E-state index in [4.69, 9.17) is 14.0 Å². The van der Waals surface area contributed by atoms with Crippen molar-refractivity contribution in [3.63, 3.8) is 0 Å². The highest BCUT2D eigenvalue weighted by atomic mass is 16.5. The summed E-state index contributed by atoms with van der Waals surface area (Å²) in [6, 6.07) is 4.37. The van der Waals surface area contributed by atoms with Crippen molar-refractivity contribution >= 4 is 11.8 Å². The number of nitrogens with one attached hydrogen (secondary N) is 2. The van der Waals surface area contributed by atoms with E-state index in [1.165, 1.54) is 14.2 Å². The number of carbonyl (C=O) groups is 2. The summed E-state index contributed by atoms with van der Waals surface area (Å²) < 4.78 is 16.1. The van der Waals surface area contributed by atoms with Gasteiger partial charge in [-0.15, -0.1) is 0 Å². The Hall–Kier alpha value is -3.10. The molecule has 2 aromatic rings. The average Bonchev–Trinajstić information content (AvgIpc) is 3.46. The van der Waals surface area contributed by atoms with E-state index in [1.807, 2.05) is 13.8 Å². The molecule has 1 aromatic carbocycles. The number of hydrogen-bond acceptors (Lipinski definition) is 7. The van der Waals surface area contributed by atoms with Crippen LogP contribution in [0.15, 0.2) is 22.7 Å². The summed E-state index contributed by atoms with van der Waals surface area (Å²) in [7, 11) is 3.00. The first-order valence-electron chi connectivity index (χ1n) is 9.58. The average molecular weight is 402 g/mol. The third kappa shape index (κ3) is 5.04. The second-order valence-corrected chi connectivity index (χ2v) is 7.29. The van der Waals surface area contributed by atoms with Crippen molar-refractivity contribution in [1.82, 2.24) is 20.8 Å². The van der Waals surface area contributed by atoms with Crippen LogP contribution >= 0.6 is 0 Å². The van der Waals surface area contributed by atoms with E-state index in [1.54, 1.807) is 18.2 Å². The first-order chi connectivity index (χ1) is 13.9. The Labute approximate surface area is 169 Å². The van der Waals surface area contributed by atoms with Gasteiger partial charge in [-0.3, -0.25) is 9.59 Å². The molecule has 1 unspecified atom stereocenters. The molecule has 0 radical (unpaired) electrons. The topological polar surface area (TPSA) is 116 Å². The minimum Gasteiger partial charge on any atom is -0.493 e. The van der Waals surface area contributed by atoms with E-state index in [9.17, 15) is 9.59 Å². The van der Waals surface area contributed by atoms with Crippen LogP contribution in [0.5, 0.6) is 11.5 Å². The zero-order valence-corrected chi connectivity index (χ0v) is 17.0. The molecule has 0 bridgehead atoms. The number of carbonyl (C=O) groups excluding carboxylic acids is 2. The highest BCUT2D eigenvalue weighted by Crippen LogP contribution is 2.38. The molecule has 2 amide bonds. The number of benzene rings is 1. The molecule has 1 heterocycles. The highest BCUT2D eigenvalue weighted by Gasteiger charge is 2.31. The minimum atomic E-state index is -0.405. The highest BCUT2D eigenvalue weighted by molar-refractivity contribution is 5.95. The normalized spacial score (nSPS) is 14.4. The molecular weight excluding hydrogens is 376 g/mol. The minimum absolute atomic E-state index is 0.0588. The summed E-state index contributed by atoms with van der Waals surface area (Å²) in [5.41, 5.74) is 0.390. The van der Waals surface area contributed by atoms with E-state index in [-0.39, 0.29) is 24.3 Å². The first-order valence-corrected chi connectivity index (χ1v) is 9.58. The maximum absolute atomic E-state index is 12.8. The SMILES string of the molecule is CNC(=O)COc1ccc(C(=O)NC(c2nc(C3CC3)no2)C(C)C)cc1OC. The van der Waals surface area contributed by atoms with Crippen molar-refractivity contribution < 1.29 is 23.6 Å². The van der Waals surface area contributed by atoms with Crippen LogP contribution in [0.25, 0.3) is 0 Å². The van der Waals surface area contributed by atoms with Gasteiger partial charge < -0.3 is 24.6 Å². The summed E-state index contributed by atoms with van der Waals surface area (Å²) in [5, 5.41) is 9.47. The second kappa shape index (κ2) is 8.93. The largest absolute Gasteiger partial charge is 0.493 e. The maximum atomic E-state index is 12.8. The number of methoxy groups -OCH3 is 1. The molecule has 1 aliphatic carbocycles. The zero-order valence-electron chi connectivity index (χ0n) is 17.0. The third-order valence-electron chi connectivity index (χ3n) is 4.68. The molecule has 9 heteroatoms. The van der Waals surface area contributed by atoms with Gasteiger partial charge in [0.05, 0.1) is 7.11 Å². The summed E-state index contributed by atoms with van der Waals surface area (Å²) in [5.74, 6) is 1.72. The molecule has 0 spiro atoms. The van der Waals surface area contributed by atoms with Gasteiger partial charge in [0.25, 0.3) is 11.8 Å². The molecule has 1 saturated carbocycles. The van der Waals surface area contributed by atoms with Gasteiger partial charge in [-0.25, -0.2) is 0 Å². The van der Waals surface area contributed by atoms with Gasteiger partial charge in [-0.2, -0.15) is 4.98 Å². The molecule has 0 aliphatic heterocycles. The van der Waals surface area contributed by atoms with Gasteiger partial charge >= 0.3 is 0 Å². The second-order valence-electron chi connectivity index (χ2n) is 7.29. The molecule has 2 N–H and O–H groups in total. The quantitative estimate of drug-likeness (QED) is 0.661. The Morgan fingerprint density at radius 3 is 2.66 bits per heavy atom. The summed E-state index contributed by atoms with van der Waals surface area (Å²) in [6.07, 6.45) is 2.15. The molecule has 1 aliphatic rings. The number of rotatable bonds is 9. The standard InChI is InChI=1S/C20H26N4O5/c1-11(2)17(20-23-18(24-29-20)12-5-6-12)22-19(26)13-7-8-14(15(9-13)27-4)28-10-16(25)21-3/h7-9,11-12,17H,5-6,10H2,1-4H3,(H,21,25)(H,22,26). The van der Waals surface area contributed by atoms with Crippen molar-refractivity contribution in [2.24, 2.45) is 5.92 Å². The van der Waals surface area contributed by atoms with E-state index in [0.717, 1.165) is 12.8 Å². The molecule has 1 fully saturated rings. The van der Waals surface area contributed by atoms with E-state index < -0.39 is 6.04 Å². The fourth-order valence-electron chi connectivity index (χ4n) is 2.76. The van der Waals surface area contributed by atoms with Crippen LogP contribution in [0, 0.1) is 5.92 Å². The predicted octanol–water partition coefficient (Wildman–Crippen LogP) is 2.21. The van der Waals surface area contributed by atoms with E-state index in [2.05, 4.69) is 20.8 Å². The number of hydrogen-bond donors (Lipinski definition) is 2. The van der Waals surface area contributed by atoms with Gasteiger partial charge in [-0.05, 0) is 37.0 Å². The van der Waals surface area contributed by atoms with Crippen molar-refractivity contribution in [2.45, 2.75) is 38.6 Å². The fourth-order valence-corrected chi connectivity index (χ4v) is 2.76. The molecule has 29 heavy (non-hydrogen) atoms. The molecule has 1 atom stereocenters. The molecule has 3 rings (SSSR count). The first kappa shape index (κ1) is 20.6. The molecule has 156 valence electrons. The summed E-state index contributed by atoms with van der Waals surface area (Å²) >= 11 is 0. The van der Waals surface area contributed by atoms with Crippen molar-refractivity contribution in [3.8, 4) is 11.5 Å². The van der Waals surface area contributed by atoms with E-state index >= 15 is 0 Å². The van der Waals surface area contributed by atoms with Gasteiger partial charge in [0, 0.05) is 18.5 Å². The number of aromatic nitrogens is 2. The lowest BCUT2D eigenvalue weighted by Gasteiger charge is -2.19. The van der Waals surface area contributed by atoms with Crippen molar-refractivity contribution in [3.05, 3.63) is 35.5 Å². The predicted molar refractivity (Wildman–Crippen MR) is 104 cm³/mol. The lowest BCUT2D eigenvalue weighted by atomic mass is 10.0. The Kier molecular flexibility index (Phi) is 6.36. The molecule has 0 saturated heterocycles. The van der Waals surface area contributed by atoms with Crippen LogP contribution in [-0.4, -0.2) is 42.7 Å². The van der Waals surface area contributed by atoms with E-state index in [0.29, 0.717) is 34.7 Å². The number of nitrogens with zero attached hydrogens (tertiary/aromatic N) is 2. The van der Waals surface area contributed by atoms with Crippen LogP contribution in [0.2, 0.25) is 0 Å². The van der Waals surface area contributed by atoms with Crippen LogP contribution in [0.3, 0.4) is 0 Å². The fraction of sp³-hybridized carbons (Fsp3) is 0.500. The molecule has 1 aromatic heterocycles. The Balaban J connectivity index is 1.72. The number of amides is 2. The summed E-state index contributed by atoms with van der Waals surface area (Å²) in [4.78, 5) is 28.6. The summed E-state index contributed by atoms with van der Waals surface area (Å²) in [6.45, 7) is 3.80. The van der Waals surface area contributed by atoms with Gasteiger partial charge in [0.2, 0.25) is 5.89 Å². The maximum Gasteiger partial charge on any atom is 0.257 e. The van der Waals surface area contributed by atoms with Crippen molar-refractivity contribution in [1.29, 1.82) is 0 Å². The lowest BCUT2D eigenvalue weighted by Crippen LogP contribution is -2.32. The van der Waals surface area contributed by atoms with Crippen LogP contribution in [-0.2, 0) is 4.79 Å². The Morgan fingerprint density at radius 2 is 2.03 bits per heavy atom. The third-order valence-corrected chi connectivity index (χ3v) is 4.68.